The molecular formula is C18H20N4O2. The zero-order valence-corrected chi connectivity index (χ0v) is 13.7. The number of anilines is 1. The quantitative estimate of drug-likeness (QED) is 0.512. The predicted octanol–water partition coefficient (Wildman–Crippen LogP) is 3.81. The lowest BCUT2D eigenvalue weighted by Crippen LogP contribution is -1.99. The van der Waals surface area contributed by atoms with Crippen molar-refractivity contribution in [3.8, 4) is 11.5 Å². The average Bonchev–Trinajstić information content (AvgIpc) is 3.00. The minimum Gasteiger partial charge on any atom is -0.494 e. The van der Waals surface area contributed by atoms with Crippen molar-refractivity contribution in [1.82, 2.24) is 9.97 Å². The summed E-state index contributed by atoms with van der Waals surface area (Å²) >= 11 is 0. The van der Waals surface area contributed by atoms with Crippen LogP contribution in [0, 0.1) is 0 Å². The molecule has 0 amide bonds. The van der Waals surface area contributed by atoms with Gasteiger partial charge in [-0.25, -0.2) is 10.4 Å². The van der Waals surface area contributed by atoms with Crippen LogP contribution in [0.15, 0.2) is 47.6 Å². The monoisotopic (exact) mass is 324 g/mol. The summed E-state index contributed by atoms with van der Waals surface area (Å²) in [6.45, 7) is 5.09. The van der Waals surface area contributed by atoms with E-state index < -0.39 is 0 Å². The van der Waals surface area contributed by atoms with Crippen molar-refractivity contribution < 1.29 is 9.47 Å². The van der Waals surface area contributed by atoms with Crippen LogP contribution >= 0.6 is 0 Å². The molecule has 2 aromatic carbocycles. The van der Waals surface area contributed by atoms with Gasteiger partial charge in [-0.2, -0.15) is 5.10 Å². The van der Waals surface area contributed by atoms with Crippen molar-refractivity contribution in [2.24, 2.45) is 5.10 Å². The van der Waals surface area contributed by atoms with Gasteiger partial charge in [-0.1, -0.05) is 12.1 Å². The number of benzene rings is 2. The molecule has 0 bridgehead atoms. The minimum atomic E-state index is 0.577. The van der Waals surface area contributed by atoms with E-state index in [9.17, 15) is 0 Å². The molecule has 0 spiro atoms. The zero-order valence-electron chi connectivity index (χ0n) is 13.7. The Balaban J connectivity index is 1.75. The Morgan fingerprint density at radius 3 is 2.75 bits per heavy atom. The molecule has 1 aromatic heterocycles. The normalized spacial score (nSPS) is 11.1. The van der Waals surface area contributed by atoms with Crippen molar-refractivity contribution in [1.29, 1.82) is 0 Å². The Labute approximate surface area is 140 Å². The summed E-state index contributed by atoms with van der Waals surface area (Å²) in [5.74, 6) is 2.11. The van der Waals surface area contributed by atoms with Crippen LogP contribution in [-0.4, -0.2) is 29.4 Å². The number of ether oxygens (including phenoxy) is 2. The topological polar surface area (TPSA) is 71.5 Å². The fourth-order valence-electron chi connectivity index (χ4n) is 2.33. The number of imidazole rings is 1. The van der Waals surface area contributed by atoms with Crippen molar-refractivity contribution in [2.45, 2.75) is 13.8 Å². The van der Waals surface area contributed by atoms with Gasteiger partial charge in [-0.15, -0.1) is 0 Å². The molecule has 0 saturated carbocycles. The first kappa shape index (κ1) is 15.9. The molecule has 24 heavy (non-hydrogen) atoms. The van der Waals surface area contributed by atoms with E-state index in [0.29, 0.717) is 19.2 Å². The Kier molecular flexibility index (Phi) is 4.96. The second kappa shape index (κ2) is 7.50. The number of fused-ring (bicyclic) bond motifs is 1. The van der Waals surface area contributed by atoms with E-state index in [1.165, 1.54) is 0 Å². The lowest BCUT2D eigenvalue weighted by molar-refractivity contribution is 0.323. The number of H-pyrrole nitrogens is 1. The molecule has 3 aromatic rings. The lowest BCUT2D eigenvalue weighted by Gasteiger charge is -2.09. The minimum absolute atomic E-state index is 0.577. The van der Waals surface area contributed by atoms with Gasteiger partial charge in [0.2, 0.25) is 5.95 Å². The summed E-state index contributed by atoms with van der Waals surface area (Å²) in [7, 11) is 0. The summed E-state index contributed by atoms with van der Waals surface area (Å²) in [5.41, 5.74) is 5.63. The first-order chi connectivity index (χ1) is 11.8. The van der Waals surface area contributed by atoms with Crippen LogP contribution < -0.4 is 14.9 Å². The maximum Gasteiger partial charge on any atom is 0.222 e. The molecule has 1 heterocycles. The molecule has 0 radical (unpaired) electrons. The smallest absolute Gasteiger partial charge is 0.222 e. The predicted molar refractivity (Wildman–Crippen MR) is 96.1 cm³/mol. The summed E-state index contributed by atoms with van der Waals surface area (Å²) < 4.78 is 11.2. The van der Waals surface area contributed by atoms with E-state index >= 15 is 0 Å². The number of para-hydroxylation sites is 2. The van der Waals surface area contributed by atoms with Crippen LogP contribution in [0.3, 0.4) is 0 Å². The lowest BCUT2D eigenvalue weighted by atomic mass is 10.2. The van der Waals surface area contributed by atoms with Gasteiger partial charge in [0.05, 0.1) is 30.5 Å². The van der Waals surface area contributed by atoms with Gasteiger partial charge >= 0.3 is 0 Å². The van der Waals surface area contributed by atoms with Gasteiger partial charge in [0, 0.05) is 11.6 Å². The van der Waals surface area contributed by atoms with E-state index in [2.05, 4.69) is 20.5 Å². The molecular weight excluding hydrogens is 304 g/mol. The number of nitrogens with one attached hydrogen (secondary N) is 2. The largest absolute Gasteiger partial charge is 0.494 e. The summed E-state index contributed by atoms with van der Waals surface area (Å²) in [5, 5.41) is 4.24. The standard InChI is InChI=1S/C18H20N4O2/c1-3-23-14-10-9-13(17(11-14)24-4-2)12-19-22-18-20-15-7-5-6-8-16(15)21-18/h5-12H,3-4H2,1-2H3,(H2,20,21,22)/b19-12-. The van der Waals surface area contributed by atoms with E-state index in [4.69, 9.17) is 9.47 Å². The summed E-state index contributed by atoms with van der Waals surface area (Å²) in [6, 6.07) is 13.5. The van der Waals surface area contributed by atoms with Crippen LogP contribution in [0.1, 0.15) is 19.4 Å². The first-order valence-corrected chi connectivity index (χ1v) is 7.93. The molecule has 3 rings (SSSR count). The van der Waals surface area contributed by atoms with Gasteiger partial charge in [-0.3, -0.25) is 0 Å². The van der Waals surface area contributed by atoms with Crippen LogP contribution in [0.4, 0.5) is 5.95 Å². The number of nitrogens with zero attached hydrogens (tertiary/aromatic N) is 2. The fraction of sp³-hybridized carbons (Fsp3) is 0.222. The van der Waals surface area contributed by atoms with E-state index in [1.54, 1.807) is 6.21 Å². The van der Waals surface area contributed by atoms with Crippen molar-refractivity contribution in [2.75, 3.05) is 18.6 Å². The third-order valence-corrected chi connectivity index (χ3v) is 3.36. The summed E-state index contributed by atoms with van der Waals surface area (Å²) in [6.07, 6.45) is 1.70. The Morgan fingerprint density at radius 1 is 1.12 bits per heavy atom. The molecule has 0 fully saturated rings. The number of hydrazone groups is 1. The second-order valence-corrected chi connectivity index (χ2v) is 5.04. The third kappa shape index (κ3) is 3.65. The van der Waals surface area contributed by atoms with Crippen LogP contribution in [-0.2, 0) is 0 Å². The Morgan fingerprint density at radius 2 is 1.96 bits per heavy atom. The molecule has 6 heteroatoms. The SMILES string of the molecule is CCOc1ccc(/C=N\Nc2nc3ccccc3[nH]2)c(OCC)c1. The number of aromatic nitrogens is 2. The highest BCUT2D eigenvalue weighted by Gasteiger charge is 2.04. The maximum atomic E-state index is 5.65. The number of rotatable bonds is 7. The molecule has 2 N–H and O–H groups in total. The molecule has 0 saturated heterocycles. The molecule has 124 valence electrons. The third-order valence-electron chi connectivity index (χ3n) is 3.36. The van der Waals surface area contributed by atoms with Crippen LogP contribution in [0.5, 0.6) is 11.5 Å². The van der Waals surface area contributed by atoms with E-state index in [-0.39, 0.29) is 0 Å². The average molecular weight is 324 g/mol. The molecule has 0 aliphatic heterocycles. The van der Waals surface area contributed by atoms with Crippen molar-refractivity contribution in [3.63, 3.8) is 0 Å². The van der Waals surface area contributed by atoms with Gasteiger partial charge in [0.15, 0.2) is 0 Å². The molecule has 0 aliphatic carbocycles. The van der Waals surface area contributed by atoms with E-state index in [1.807, 2.05) is 56.3 Å². The van der Waals surface area contributed by atoms with Crippen molar-refractivity contribution in [3.05, 3.63) is 48.0 Å². The fourth-order valence-corrected chi connectivity index (χ4v) is 2.33. The maximum absolute atomic E-state index is 5.65. The number of hydrogen-bond acceptors (Lipinski definition) is 5. The van der Waals surface area contributed by atoms with Crippen LogP contribution in [0.2, 0.25) is 0 Å². The molecule has 6 nitrogen and oxygen atoms in total. The number of hydrogen-bond donors (Lipinski definition) is 2. The number of aromatic amines is 1. The van der Waals surface area contributed by atoms with Gasteiger partial charge < -0.3 is 14.5 Å². The highest BCUT2D eigenvalue weighted by atomic mass is 16.5. The van der Waals surface area contributed by atoms with E-state index in [0.717, 1.165) is 28.1 Å². The first-order valence-electron chi connectivity index (χ1n) is 7.93. The highest BCUT2D eigenvalue weighted by molar-refractivity contribution is 5.84. The summed E-state index contributed by atoms with van der Waals surface area (Å²) in [4.78, 5) is 7.57. The van der Waals surface area contributed by atoms with Gasteiger partial charge in [-0.05, 0) is 38.1 Å². The second-order valence-electron chi connectivity index (χ2n) is 5.04. The Bertz CT molecular complexity index is 809. The van der Waals surface area contributed by atoms with Gasteiger partial charge in [0.1, 0.15) is 11.5 Å². The van der Waals surface area contributed by atoms with Crippen LogP contribution in [0.25, 0.3) is 11.0 Å². The molecule has 0 unspecified atom stereocenters. The zero-order chi connectivity index (χ0) is 16.8. The molecule has 0 atom stereocenters. The highest BCUT2D eigenvalue weighted by Crippen LogP contribution is 2.24. The van der Waals surface area contributed by atoms with Gasteiger partial charge in [0.25, 0.3) is 0 Å². The molecule has 0 aliphatic rings. The van der Waals surface area contributed by atoms with Crippen molar-refractivity contribution >= 4 is 23.2 Å². The Hall–Kier alpha value is -3.02.